The molecular weight excluding hydrogens is 383 g/mol. The van der Waals surface area contributed by atoms with Crippen LogP contribution in [-0.4, -0.2) is 30.3 Å². The Bertz CT molecular complexity index is 728. The van der Waals surface area contributed by atoms with E-state index in [0.29, 0.717) is 5.69 Å². The van der Waals surface area contributed by atoms with E-state index in [0.717, 1.165) is 8.66 Å². The minimum Gasteiger partial charge on any atom is -0.333 e. The number of benzene rings is 1. The lowest BCUT2D eigenvalue weighted by Crippen LogP contribution is -2.33. The van der Waals surface area contributed by atoms with Gasteiger partial charge in [-0.15, -0.1) is 11.3 Å². The molecule has 0 spiro atoms. The predicted octanol–water partition coefficient (Wildman–Crippen LogP) is 3.76. The molecule has 0 radical (unpaired) electrons. The van der Waals surface area contributed by atoms with E-state index in [9.17, 15) is 14.0 Å². The van der Waals surface area contributed by atoms with Crippen molar-refractivity contribution in [3.63, 3.8) is 0 Å². The Labute approximate surface area is 145 Å². The number of carbonyl (C=O) groups excluding carboxylic acids is 2. The van der Waals surface area contributed by atoms with Crippen LogP contribution in [0.5, 0.6) is 0 Å². The number of thiophene rings is 1. The lowest BCUT2D eigenvalue weighted by atomic mass is 10.3. The standard InChI is InChI=1S/C16H14BrFN2O2S/c1-20(16(22)9-7-13-6-8-14(17)23-13)10-15(21)19-12-4-2-11(18)3-5-12/h2-9H,10H2,1H3,(H,19,21)/b9-7+. The fourth-order valence-corrected chi connectivity index (χ4v) is 3.05. The Kier molecular flexibility index (Phi) is 6.06. The summed E-state index contributed by atoms with van der Waals surface area (Å²) in [5, 5.41) is 2.60. The van der Waals surface area contributed by atoms with Gasteiger partial charge in [-0.25, -0.2) is 4.39 Å². The van der Waals surface area contributed by atoms with Gasteiger partial charge in [0.1, 0.15) is 5.82 Å². The molecule has 0 bridgehead atoms. The predicted molar refractivity (Wildman–Crippen MR) is 93.7 cm³/mol. The van der Waals surface area contributed by atoms with Crippen molar-refractivity contribution in [1.29, 1.82) is 0 Å². The van der Waals surface area contributed by atoms with Crippen LogP contribution in [0.3, 0.4) is 0 Å². The highest BCUT2D eigenvalue weighted by Gasteiger charge is 2.11. The van der Waals surface area contributed by atoms with Crippen LogP contribution in [0.1, 0.15) is 4.88 Å². The van der Waals surface area contributed by atoms with Gasteiger partial charge in [-0.1, -0.05) is 0 Å². The van der Waals surface area contributed by atoms with Crippen LogP contribution in [-0.2, 0) is 9.59 Å². The molecule has 0 fully saturated rings. The first-order valence-electron chi connectivity index (χ1n) is 6.68. The zero-order valence-electron chi connectivity index (χ0n) is 12.3. The molecule has 2 rings (SSSR count). The molecule has 2 amide bonds. The molecule has 23 heavy (non-hydrogen) atoms. The first-order chi connectivity index (χ1) is 10.9. The molecule has 0 unspecified atom stereocenters. The molecule has 0 aliphatic carbocycles. The fraction of sp³-hybridized carbons (Fsp3) is 0.125. The Balaban J connectivity index is 1.86. The monoisotopic (exact) mass is 396 g/mol. The maximum absolute atomic E-state index is 12.8. The third-order valence-electron chi connectivity index (χ3n) is 2.87. The highest BCUT2D eigenvalue weighted by molar-refractivity contribution is 9.11. The summed E-state index contributed by atoms with van der Waals surface area (Å²) in [6.45, 7) is -0.0886. The van der Waals surface area contributed by atoms with Gasteiger partial charge in [-0.2, -0.15) is 0 Å². The van der Waals surface area contributed by atoms with Gasteiger partial charge in [0, 0.05) is 23.7 Å². The molecule has 1 heterocycles. The number of hydrogen-bond acceptors (Lipinski definition) is 3. The van der Waals surface area contributed by atoms with Gasteiger partial charge in [0.2, 0.25) is 11.8 Å². The van der Waals surface area contributed by atoms with Gasteiger partial charge >= 0.3 is 0 Å². The molecule has 0 aliphatic heterocycles. The second-order valence-corrected chi connectivity index (χ2v) is 7.22. The van der Waals surface area contributed by atoms with Crippen molar-refractivity contribution in [3.8, 4) is 0 Å². The van der Waals surface area contributed by atoms with E-state index in [1.807, 2.05) is 12.1 Å². The minimum atomic E-state index is -0.374. The molecule has 120 valence electrons. The minimum absolute atomic E-state index is 0.0886. The number of carbonyl (C=O) groups is 2. The third-order valence-corrected chi connectivity index (χ3v) is 4.46. The number of anilines is 1. The van der Waals surface area contributed by atoms with Crippen molar-refractivity contribution in [3.05, 3.63) is 57.0 Å². The summed E-state index contributed by atoms with van der Waals surface area (Å²) in [5.41, 5.74) is 0.483. The van der Waals surface area contributed by atoms with Crippen molar-refractivity contribution < 1.29 is 14.0 Å². The number of amides is 2. The molecule has 0 saturated carbocycles. The van der Waals surface area contributed by atoms with Gasteiger partial charge in [0.15, 0.2) is 0 Å². The van der Waals surface area contributed by atoms with E-state index >= 15 is 0 Å². The number of halogens is 2. The Morgan fingerprint density at radius 1 is 1.26 bits per heavy atom. The summed E-state index contributed by atoms with van der Waals surface area (Å²) in [6.07, 6.45) is 3.12. The first-order valence-corrected chi connectivity index (χ1v) is 8.29. The van der Waals surface area contributed by atoms with Crippen LogP contribution >= 0.6 is 27.3 Å². The number of nitrogens with one attached hydrogen (secondary N) is 1. The normalized spacial score (nSPS) is 10.7. The largest absolute Gasteiger partial charge is 0.333 e. The van der Waals surface area contributed by atoms with Crippen molar-refractivity contribution >= 4 is 50.8 Å². The topological polar surface area (TPSA) is 49.4 Å². The van der Waals surface area contributed by atoms with Gasteiger partial charge in [-0.05, 0) is 58.4 Å². The average molecular weight is 397 g/mol. The SMILES string of the molecule is CN(CC(=O)Nc1ccc(F)cc1)C(=O)/C=C/c1ccc(Br)s1. The average Bonchev–Trinajstić information content (AvgIpc) is 2.92. The number of rotatable bonds is 5. The zero-order chi connectivity index (χ0) is 16.8. The molecule has 0 aliphatic rings. The Hall–Kier alpha value is -1.99. The lowest BCUT2D eigenvalue weighted by Gasteiger charge is -2.14. The van der Waals surface area contributed by atoms with Crippen molar-refractivity contribution in [2.24, 2.45) is 0 Å². The summed E-state index contributed by atoms with van der Waals surface area (Å²) in [4.78, 5) is 26.1. The quantitative estimate of drug-likeness (QED) is 0.782. The number of nitrogens with zero attached hydrogens (tertiary/aromatic N) is 1. The maximum atomic E-state index is 12.8. The lowest BCUT2D eigenvalue weighted by molar-refractivity contribution is -0.129. The molecule has 7 heteroatoms. The van der Waals surface area contributed by atoms with Crippen molar-refractivity contribution in [2.75, 3.05) is 18.9 Å². The first kappa shape index (κ1) is 17.4. The van der Waals surface area contributed by atoms with Crippen LogP contribution < -0.4 is 5.32 Å². The molecule has 1 aromatic carbocycles. The van der Waals surface area contributed by atoms with Crippen LogP contribution in [0.2, 0.25) is 0 Å². The summed E-state index contributed by atoms with van der Waals surface area (Å²) in [5.74, 6) is -0.996. The summed E-state index contributed by atoms with van der Waals surface area (Å²) < 4.78 is 13.8. The Morgan fingerprint density at radius 3 is 2.57 bits per heavy atom. The molecule has 2 aromatic rings. The Morgan fingerprint density at radius 2 is 1.96 bits per heavy atom. The van der Waals surface area contributed by atoms with E-state index in [4.69, 9.17) is 0 Å². The van der Waals surface area contributed by atoms with E-state index in [2.05, 4.69) is 21.2 Å². The number of hydrogen-bond donors (Lipinski definition) is 1. The number of likely N-dealkylation sites (N-methyl/N-ethyl adjacent to an activating group) is 1. The van der Waals surface area contributed by atoms with Crippen LogP contribution in [0.25, 0.3) is 6.08 Å². The second-order valence-electron chi connectivity index (χ2n) is 4.72. The zero-order valence-corrected chi connectivity index (χ0v) is 14.7. The molecular formula is C16H14BrFN2O2S. The van der Waals surface area contributed by atoms with Crippen LogP contribution in [0.15, 0.2) is 46.3 Å². The van der Waals surface area contributed by atoms with Crippen molar-refractivity contribution in [2.45, 2.75) is 0 Å². The van der Waals surface area contributed by atoms with Crippen LogP contribution in [0.4, 0.5) is 10.1 Å². The van der Waals surface area contributed by atoms with Crippen molar-refractivity contribution in [1.82, 2.24) is 4.90 Å². The van der Waals surface area contributed by atoms with Gasteiger partial charge in [0.25, 0.3) is 0 Å². The van der Waals surface area contributed by atoms with Gasteiger partial charge in [0.05, 0.1) is 10.3 Å². The molecule has 0 saturated heterocycles. The maximum Gasteiger partial charge on any atom is 0.246 e. The van der Waals surface area contributed by atoms with E-state index in [-0.39, 0.29) is 24.2 Å². The highest BCUT2D eigenvalue weighted by Crippen LogP contribution is 2.23. The molecule has 1 N–H and O–H groups in total. The molecule has 4 nitrogen and oxygen atoms in total. The summed E-state index contributed by atoms with van der Waals surface area (Å²) in [7, 11) is 1.54. The van der Waals surface area contributed by atoms with E-state index in [1.165, 1.54) is 46.6 Å². The molecule has 0 atom stereocenters. The second kappa shape index (κ2) is 8.03. The van der Waals surface area contributed by atoms with E-state index < -0.39 is 0 Å². The summed E-state index contributed by atoms with van der Waals surface area (Å²) >= 11 is 4.86. The third kappa shape index (κ3) is 5.61. The summed E-state index contributed by atoms with van der Waals surface area (Å²) in [6, 6.07) is 9.22. The molecule has 1 aromatic heterocycles. The van der Waals surface area contributed by atoms with E-state index in [1.54, 1.807) is 13.1 Å². The van der Waals surface area contributed by atoms with Gasteiger partial charge < -0.3 is 10.2 Å². The van der Waals surface area contributed by atoms with Crippen LogP contribution in [0, 0.1) is 5.82 Å². The van der Waals surface area contributed by atoms with Gasteiger partial charge in [-0.3, -0.25) is 9.59 Å². The highest BCUT2D eigenvalue weighted by atomic mass is 79.9. The smallest absolute Gasteiger partial charge is 0.246 e. The fourth-order valence-electron chi connectivity index (χ4n) is 1.73.